The molecule has 4 N–H and O–H groups in total. The molecule has 74 valence electrons. The van der Waals surface area contributed by atoms with Gasteiger partial charge in [0.1, 0.15) is 5.75 Å². The number of aromatic nitrogens is 1. The summed E-state index contributed by atoms with van der Waals surface area (Å²) in [5.41, 5.74) is 8.50. The second-order valence-electron chi connectivity index (χ2n) is 3.66. The highest BCUT2D eigenvalue weighted by Gasteiger charge is 2.04. The molecule has 0 aliphatic carbocycles. The summed E-state index contributed by atoms with van der Waals surface area (Å²) in [6.07, 6.45) is 0. The molecule has 0 bridgehead atoms. The fourth-order valence-electron chi connectivity index (χ4n) is 1.90. The van der Waals surface area contributed by atoms with Crippen molar-refractivity contribution in [3.63, 3.8) is 0 Å². The fourth-order valence-corrected chi connectivity index (χ4v) is 1.90. The maximum absolute atomic E-state index is 9.43. The van der Waals surface area contributed by atoms with E-state index in [1.54, 1.807) is 12.1 Å². The van der Waals surface area contributed by atoms with Crippen LogP contribution in [0, 0.1) is 0 Å². The van der Waals surface area contributed by atoms with Gasteiger partial charge >= 0.3 is 0 Å². The second kappa shape index (κ2) is 2.67. The summed E-state index contributed by atoms with van der Waals surface area (Å²) >= 11 is 0. The Morgan fingerprint density at radius 3 is 2.40 bits per heavy atom. The molecule has 1 heterocycles. The van der Waals surface area contributed by atoms with Crippen LogP contribution in [0.1, 0.15) is 0 Å². The molecule has 0 fully saturated rings. The van der Waals surface area contributed by atoms with Gasteiger partial charge in [0.05, 0.1) is 0 Å². The van der Waals surface area contributed by atoms with Crippen molar-refractivity contribution < 1.29 is 5.11 Å². The molecule has 0 unspecified atom stereocenters. The predicted octanol–water partition coefficient (Wildman–Crippen LogP) is 2.61. The lowest BCUT2D eigenvalue weighted by molar-refractivity contribution is 0.476. The Hall–Kier alpha value is -2.16. The summed E-state index contributed by atoms with van der Waals surface area (Å²) in [5.74, 6) is 0.269. The maximum Gasteiger partial charge on any atom is 0.116 e. The Morgan fingerprint density at radius 2 is 1.60 bits per heavy atom. The Balaban J connectivity index is 2.55. The summed E-state index contributed by atoms with van der Waals surface area (Å²) in [5, 5.41) is 11.5. The molecule has 1 aromatic heterocycles. The van der Waals surface area contributed by atoms with E-state index in [-0.39, 0.29) is 5.75 Å². The lowest BCUT2D eigenvalue weighted by Gasteiger charge is -1.94. The van der Waals surface area contributed by atoms with Crippen molar-refractivity contribution in [1.29, 1.82) is 0 Å². The average molecular weight is 198 g/mol. The normalized spacial score (nSPS) is 11.2. The Labute approximate surface area is 86.1 Å². The van der Waals surface area contributed by atoms with Gasteiger partial charge in [-0.3, -0.25) is 0 Å². The molecule has 0 radical (unpaired) electrons. The molecule has 0 atom stereocenters. The molecule has 0 saturated carbocycles. The highest BCUT2D eigenvalue weighted by Crippen LogP contribution is 2.29. The highest BCUT2D eigenvalue weighted by atomic mass is 16.3. The van der Waals surface area contributed by atoms with Crippen molar-refractivity contribution in [2.24, 2.45) is 0 Å². The third-order valence-electron chi connectivity index (χ3n) is 2.61. The van der Waals surface area contributed by atoms with E-state index in [0.717, 1.165) is 27.5 Å². The number of anilines is 1. The maximum atomic E-state index is 9.43. The molecule has 3 nitrogen and oxygen atoms in total. The standard InChI is InChI=1S/C12H10N2O/c13-7-1-3-11-9(5-7)10-6-8(15)2-4-12(10)14-11/h1-6,14-15H,13H2. The topological polar surface area (TPSA) is 62.0 Å². The minimum atomic E-state index is 0.269. The quantitative estimate of drug-likeness (QED) is 0.486. The van der Waals surface area contributed by atoms with Crippen LogP contribution in [0.4, 0.5) is 5.69 Å². The summed E-state index contributed by atoms with van der Waals surface area (Å²) in [7, 11) is 0. The Bertz CT molecular complexity index is 599. The van der Waals surface area contributed by atoms with E-state index in [1.807, 2.05) is 24.3 Å². The van der Waals surface area contributed by atoms with Gasteiger partial charge in [-0.05, 0) is 36.4 Å². The molecule has 3 rings (SSSR count). The van der Waals surface area contributed by atoms with Crippen molar-refractivity contribution >= 4 is 27.5 Å². The number of phenolic OH excluding ortho intramolecular Hbond substituents is 1. The van der Waals surface area contributed by atoms with Crippen LogP contribution < -0.4 is 5.73 Å². The van der Waals surface area contributed by atoms with E-state index in [1.165, 1.54) is 0 Å². The number of hydrogen-bond acceptors (Lipinski definition) is 2. The number of aromatic amines is 1. The van der Waals surface area contributed by atoms with E-state index in [2.05, 4.69) is 4.98 Å². The molecular weight excluding hydrogens is 188 g/mol. The van der Waals surface area contributed by atoms with E-state index in [9.17, 15) is 5.11 Å². The predicted molar refractivity (Wildman–Crippen MR) is 61.9 cm³/mol. The minimum Gasteiger partial charge on any atom is -0.508 e. The molecule has 0 aliphatic rings. The van der Waals surface area contributed by atoms with E-state index in [4.69, 9.17) is 5.73 Å². The van der Waals surface area contributed by atoms with Crippen molar-refractivity contribution in [3.05, 3.63) is 36.4 Å². The van der Waals surface area contributed by atoms with E-state index in [0.29, 0.717) is 0 Å². The first-order chi connectivity index (χ1) is 7.24. The zero-order valence-electron chi connectivity index (χ0n) is 7.99. The number of fused-ring (bicyclic) bond motifs is 3. The first-order valence-electron chi connectivity index (χ1n) is 4.74. The number of hydrogen-bond donors (Lipinski definition) is 3. The van der Waals surface area contributed by atoms with Gasteiger partial charge in [-0.1, -0.05) is 0 Å². The average Bonchev–Trinajstić information content (AvgIpc) is 2.56. The number of benzene rings is 2. The monoisotopic (exact) mass is 198 g/mol. The zero-order chi connectivity index (χ0) is 10.4. The van der Waals surface area contributed by atoms with Crippen LogP contribution in [-0.4, -0.2) is 10.1 Å². The number of nitrogens with one attached hydrogen (secondary N) is 1. The minimum absolute atomic E-state index is 0.269. The number of H-pyrrole nitrogens is 1. The number of nitrogens with two attached hydrogens (primary N) is 1. The van der Waals surface area contributed by atoms with Gasteiger partial charge in [0.25, 0.3) is 0 Å². The molecule has 3 heteroatoms. The number of phenols is 1. The van der Waals surface area contributed by atoms with E-state index >= 15 is 0 Å². The lowest BCUT2D eigenvalue weighted by atomic mass is 10.1. The summed E-state index contributed by atoms with van der Waals surface area (Å²) in [6, 6.07) is 11.0. The lowest BCUT2D eigenvalue weighted by Crippen LogP contribution is -1.81. The third-order valence-corrected chi connectivity index (χ3v) is 2.61. The third kappa shape index (κ3) is 1.13. The number of rotatable bonds is 0. The van der Waals surface area contributed by atoms with Crippen LogP contribution in [0.5, 0.6) is 5.75 Å². The number of aromatic hydroxyl groups is 1. The van der Waals surface area contributed by atoms with Gasteiger partial charge < -0.3 is 15.8 Å². The molecule has 15 heavy (non-hydrogen) atoms. The first-order valence-corrected chi connectivity index (χ1v) is 4.74. The first kappa shape index (κ1) is 8.17. The fraction of sp³-hybridized carbons (Fsp3) is 0. The molecular formula is C12H10N2O. The van der Waals surface area contributed by atoms with Gasteiger partial charge in [0.2, 0.25) is 0 Å². The van der Waals surface area contributed by atoms with Crippen LogP contribution in [0.3, 0.4) is 0 Å². The van der Waals surface area contributed by atoms with Gasteiger partial charge in [-0.2, -0.15) is 0 Å². The molecule has 0 amide bonds. The van der Waals surface area contributed by atoms with Gasteiger partial charge in [-0.25, -0.2) is 0 Å². The summed E-state index contributed by atoms with van der Waals surface area (Å²) in [4.78, 5) is 3.27. The van der Waals surface area contributed by atoms with Crippen molar-refractivity contribution in [2.75, 3.05) is 5.73 Å². The second-order valence-corrected chi connectivity index (χ2v) is 3.66. The molecule has 0 aliphatic heterocycles. The van der Waals surface area contributed by atoms with Crippen LogP contribution in [0.15, 0.2) is 36.4 Å². The van der Waals surface area contributed by atoms with Crippen molar-refractivity contribution in [1.82, 2.24) is 4.98 Å². The van der Waals surface area contributed by atoms with Gasteiger partial charge in [0, 0.05) is 27.5 Å². The summed E-state index contributed by atoms with van der Waals surface area (Å²) in [6.45, 7) is 0. The largest absolute Gasteiger partial charge is 0.508 e. The molecule has 0 saturated heterocycles. The van der Waals surface area contributed by atoms with Gasteiger partial charge in [-0.15, -0.1) is 0 Å². The Kier molecular flexibility index (Phi) is 1.45. The SMILES string of the molecule is Nc1ccc2[nH]c3ccc(O)cc3c2c1. The van der Waals surface area contributed by atoms with Gasteiger partial charge in [0.15, 0.2) is 0 Å². The zero-order valence-corrected chi connectivity index (χ0v) is 7.99. The number of nitrogen functional groups attached to an aromatic ring is 1. The smallest absolute Gasteiger partial charge is 0.116 e. The molecule has 3 aromatic rings. The van der Waals surface area contributed by atoms with Crippen LogP contribution in [-0.2, 0) is 0 Å². The highest BCUT2D eigenvalue weighted by molar-refractivity contribution is 6.08. The van der Waals surface area contributed by atoms with Crippen LogP contribution in [0.25, 0.3) is 21.8 Å². The van der Waals surface area contributed by atoms with Crippen molar-refractivity contribution in [2.45, 2.75) is 0 Å². The van der Waals surface area contributed by atoms with Crippen molar-refractivity contribution in [3.8, 4) is 5.75 Å². The summed E-state index contributed by atoms with van der Waals surface area (Å²) < 4.78 is 0. The van der Waals surface area contributed by atoms with Crippen LogP contribution in [0.2, 0.25) is 0 Å². The van der Waals surface area contributed by atoms with E-state index < -0.39 is 0 Å². The molecule has 2 aromatic carbocycles. The Morgan fingerprint density at radius 1 is 0.933 bits per heavy atom. The van der Waals surface area contributed by atoms with Crippen LogP contribution >= 0.6 is 0 Å². The molecule has 0 spiro atoms.